The van der Waals surface area contributed by atoms with E-state index in [4.69, 9.17) is 5.11 Å². The van der Waals surface area contributed by atoms with Crippen LogP contribution >= 0.6 is 0 Å². The van der Waals surface area contributed by atoms with Crippen LogP contribution in [0.5, 0.6) is 0 Å². The summed E-state index contributed by atoms with van der Waals surface area (Å²) < 4.78 is 0. The molecular weight excluding hydrogens is 254 g/mol. The van der Waals surface area contributed by atoms with Crippen LogP contribution in [0.2, 0.25) is 0 Å². The van der Waals surface area contributed by atoms with E-state index in [-0.39, 0.29) is 18.2 Å². The van der Waals surface area contributed by atoms with Crippen LogP contribution in [-0.4, -0.2) is 35.0 Å². The zero-order valence-electron chi connectivity index (χ0n) is 12.0. The van der Waals surface area contributed by atoms with Crippen molar-refractivity contribution in [1.29, 1.82) is 0 Å². The fourth-order valence-corrected chi connectivity index (χ4v) is 2.70. The minimum atomic E-state index is -0.859. The molecule has 1 aromatic rings. The Bertz CT molecular complexity index is 512. The number of carboxylic acid groups (broad SMARTS) is 1. The number of amides is 1. The molecule has 1 N–H and O–H groups in total. The summed E-state index contributed by atoms with van der Waals surface area (Å²) in [5.41, 5.74) is 2.47. The molecule has 1 aliphatic rings. The van der Waals surface area contributed by atoms with Crippen molar-refractivity contribution < 1.29 is 14.7 Å². The van der Waals surface area contributed by atoms with Crippen LogP contribution in [0.1, 0.15) is 36.8 Å². The van der Waals surface area contributed by atoms with Crippen molar-refractivity contribution in [1.82, 2.24) is 4.90 Å². The highest BCUT2D eigenvalue weighted by Crippen LogP contribution is 2.49. The molecule has 0 bridgehead atoms. The van der Waals surface area contributed by atoms with Gasteiger partial charge in [0.25, 0.3) is 0 Å². The largest absolute Gasteiger partial charge is 0.481 e. The standard InChI is InChI=1S/C16H21NO3/c1-3-17(9-8-15(18)19)16(20)14-10-13(14)12-7-5-4-6-11(12)2/h4-7,13-14H,3,8-10H2,1-2H3,(H,18,19)/t13-,14-/m0/s1. The van der Waals surface area contributed by atoms with Crippen LogP contribution in [-0.2, 0) is 9.59 Å². The number of carbonyl (C=O) groups is 2. The number of rotatable bonds is 6. The van der Waals surface area contributed by atoms with Crippen LogP contribution < -0.4 is 0 Å². The molecule has 108 valence electrons. The number of carbonyl (C=O) groups excluding carboxylic acids is 1. The van der Waals surface area contributed by atoms with Gasteiger partial charge in [-0.15, -0.1) is 0 Å². The molecule has 0 spiro atoms. The Morgan fingerprint density at radius 3 is 2.65 bits per heavy atom. The highest BCUT2D eigenvalue weighted by Gasteiger charge is 2.45. The lowest BCUT2D eigenvalue weighted by Crippen LogP contribution is -2.34. The normalized spacial score (nSPS) is 20.5. The topological polar surface area (TPSA) is 57.6 Å². The van der Waals surface area contributed by atoms with Gasteiger partial charge in [-0.3, -0.25) is 9.59 Å². The van der Waals surface area contributed by atoms with Gasteiger partial charge >= 0.3 is 5.97 Å². The van der Waals surface area contributed by atoms with Gasteiger partial charge in [0.2, 0.25) is 5.91 Å². The van der Waals surface area contributed by atoms with Crippen LogP contribution in [0, 0.1) is 12.8 Å². The maximum absolute atomic E-state index is 12.4. The summed E-state index contributed by atoms with van der Waals surface area (Å²) in [5.74, 6) is -0.420. The molecule has 4 nitrogen and oxygen atoms in total. The van der Waals surface area contributed by atoms with E-state index in [9.17, 15) is 9.59 Å². The molecule has 1 amide bonds. The fourth-order valence-electron chi connectivity index (χ4n) is 2.70. The summed E-state index contributed by atoms with van der Waals surface area (Å²) in [4.78, 5) is 24.7. The summed E-state index contributed by atoms with van der Waals surface area (Å²) >= 11 is 0. The second kappa shape index (κ2) is 6.07. The highest BCUT2D eigenvalue weighted by atomic mass is 16.4. The van der Waals surface area contributed by atoms with Gasteiger partial charge in [-0.25, -0.2) is 0 Å². The molecule has 1 saturated carbocycles. The summed E-state index contributed by atoms with van der Waals surface area (Å²) in [6.45, 7) is 4.84. The zero-order chi connectivity index (χ0) is 14.7. The smallest absolute Gasteiger partial charge is 0.305 e. The molecule has 0 aliphatic heterocycles. The summed E-state index contributed by atoms with van der Waals surface area (Å²) in [7, 11) is 0. The van der Waals surface area contributed by atoms with Crippen LogP contribution in [0.3, 0.4) is 0 Å². The van der Waals surface area contributed by atoms with Gasteiger partial charge in [-0.05, 0) is 37.3 Å². The first-order chi connectivity index (χ1) is 9.54. The maximum atomic E-state index is 12.4. The molecule has 1 aromatic carbocycles. The maximum Gasteiger partial charge on any atom is 0.305 e. The van der Waals surface area contributed by atoms with E-state index in [1.165, 1.54) is 11.1 Å². The van der Waals surface area contributed by atoms with Crippen LogP contribution in [0.4, 0.5) is 0 Å². The summed E-state index contributed by atoms with van der Waals surface area (Å²) in [5, 5.41) is 8.72. The van der Waals surface area contributed by atoms with Crippen molar-refractivity contribution in [2.45, 2.75) is 32.6 Å². The average molecular weight is 275 g/mol. The van der Waals surface area contributed by atoms with Crippen molar-refractivity contribution in [3.63, 3.8) is 0 Å². The lowest BCUT2D eigenvalue weighted by Gasteiger charge is -2.20. The Balaban J connectivity index is 1.98. The molecule has 0 radical (unpaired) electrons. The molecule has 2 atom stereocenters. The molecule has 1 fully saturated rings. The molecule has 4 heteroatoms. The Morgan fingerprint density at radius 1 is 1.35 bits per heavy atom. The Labute approximate surface area is 119 Å². The van der Waals surface area contributed by atoms with Gasteiger partial charge < -0.3 is 10.0 Å². The number of nitrogens with zero attached hydrogens (tertiary/aromatic N) is 1. The Kier molecular flexibility index (Phi) is 4.42. The van der Waals surface area contributed by atoms with Gasteiger partial charge in [-0.2, -0.15) is 0 Å². The van der Waals surface area contributed by atoms with Gasteiger partial charge in [0.15, 0.2) is 0 Å². The SMILES string of the molecule is CCN(CCC(=O)O)C(=O)[C@H]1C[C@H]1c1ccccc1C. The molecular formula is C16H21NO3. The first-order valence-corrected chi connectivity index (χ1v) is 7.10. The van der Waals surface area contributed by atoms with E-state index in [1.807, 2.05) is 19.1 Å². The third-order valence-corrected chi connectivity index (χ3v) is 3.98. The third kappa shape index (κ3) is 3.18. The molecule has 0 saturated heterocycles. The molecule has 1 aliphatic carbocycles. The lowest BCUT2D eigenvalue weighted by molar-refractivity contribution is -0.138. The number of hydrogen-bond acceptors (Lipinski definition) is 2. The minimum absolute atomic E-state index is 0.0152. The second-order valence-corrected chi connectivity index (χ2v) is 5.37. The summed E-state index contributed by atoms with van der Waals surface area (Å²) in [6.07, 6.45) is 0.897. The van der Waals surface area contributed by atoms with Crippen molar-refractivity contribution in [3.8, 4) is 0 Å². The molecule has 20 heavy (non-hydrogen) atoms. The third-order valence-electron chi connectivity index (χ3n) is 3.98. The van der Waals surface area contributed by atoms with E-state index in [1.54, 1.807) is 4.90 Å². The van der Waals surface area contributed by atoms with E-state index in [0.29, 0.717) is 19.0 Å². The van der Waals surface area contributed by atoms with E-state index in [0.717, 1.165) is 6.42 Å². The van der Waals surface area contributed by atoms with Crippen LogP contribution in [0.25, 0.3) is 0 Å². The fraction of sp³-hybridized carbons (Fsp3) is 0.500. The van der Waals surface area contributed by atoms with Gasteiger partial charge in [0, 0.05) is 19.0 Å². The van der Waals surface area contributed by atoms with Gasteiger partial charge in [0.1, 0.15) is 0 Å². The van der Waals surface area contributed by atoms with E-state index < -0.39 is 5.97 Å². The second-order valence-electron chi connectivity index (χ2n) is 5.37. The van der Waals surface area contributed by atoms with E-state index in [2.05, 4.69) is 19.1 Å². The van der Waals surface area contributed by atoms with E-state index >= 15 is 0 Å². The highest BCUT2D eigenvalue weighted by molar-refractivity contribution is 5.83. The van der Waals surface area contributed by atoms with Crippen molar-refractivity contribution in [2.75, 3.05) is 13.1 Å². The Hall–Kier alpha value is -1.84. The predicted molar refractivity (Wildman–Crippen MR) is 76.5 cm³/mol. The van der Waals surface area contributed by atoms with Crippen LogP contribution in [0.15, 0.2) is 24.3 Å². The predicted octanol–water partition coefficient (Wildman–Crippen LogP) is 2.42. The first-order valence-electron chi connectivity index (χ1n) is 7.10. The lowest BCUT2D eigenvalue weighted by atomic mass is 10.0. The average Bonchev–Trinajstić information content (AvgIpc) is 3.19. The Morgan fingerprint density at radius 2 is 2.05 bits per heavy atom. The van der Waals surface area contributed by atoms with Crippen molar-refractivity contribution in [2.24, 2.45) is 5.92 Å². The molecule has 0 unspecified atom stereocenters. The molecule has 2 rings (SSSR count). The van der Waals surface area contributed by atoms with Gasteiger partial charge in [0.05, 0.1) is 6.42 Å². The number of aryl methyl sites for hydroxylation is 1. The number of benzene rings is 1. The molecule has 0 aromatic heterocycles. The van der Waals surface area contributed by atoms with Crippen molar-refractivity contribution >= 4 is 11.9 Å². The number of aliphatic carboxylic acids is 1. The first kappa shape index (κ1) is 14.6. The number of hydrogen-bond donors (Lipinski definition) is 1. The monoisotopic (exact) mass is 275 g/mol. The van der Waals surface area contributed by atoms with Crippen molar-refractivity contribution in [3.05, 3.63) is 35.4 Å². The summed E-state index contributed by atoms with van der Waals surface area (Å²) in [6, 6.07) is 8.16. The number of carboxylic acids is 1. The van der Waals surface area contributed by atoms with Gasteiger partial charge in [-0.1, -0.05) is 24.3 Å². The quantitative estimate of drug-likeness (QED) is 0.867. The minimum Gasteiger partial charge on any atom is -0.481 e. The molecule has 0 heterocycles. The zero-order valence-corrected chi connectivity index (χ0v) is 12.0.